The van der Waals surface area contributed by atoms with E-state index in [0.717, 1.165) is 35.5 Å². The number of amides is 2. The van der Waals surface area contributed by atoms with E-state index >= 15 is 0 Å². The van der Waals surface area contributed by atoms with Gasteiger partial charge in [-0.1, -0.05) is 0 Å². The van der Waals surface area contributed by atoms with Gasteiger partial charge in [0.1, 0.15) is 0 Å². The molecule has 2 heterocycles. The molecular weight excluding hydrogens is 292 g/mol. The minimum absolute atomic E-state index is 0.0181. The van der Waals surface area contributed by atoms with E-state index in [1.165, 1.54) is 0 Å². The molecule has 2 aromatic rings. The lowest BCUT2D eigenvalue weighted by atomic mass is 10.0. The van der Waals surface area contributed by atoms with Crippen molar-refractivity contribution in [2.75, 3.05) is 10.6 Å². The van der Waals surface area contributed by atoms with Gasteiger partial charge in [-0.25, -0.2) is 9.97 Å². The molecule has 1 aromatic heterocycles. The normalized spacial score (nSPS) is 13.7. The number of aryl methyl sites for hydroxylation is 3. The molecule has 0 aliphatic carbocycles. The maximum Gasteiger partial charge on any atom is 0.258 e. The molecular formula is C17H18N4O2. The summed E-state index contributed by atoms with van der Waals surface area (Å²) in [6, 6.07) is 7.14. The highest BCUT2D eigenvalue weighted by molar-refractivity contribution is 6.04. The molecule has 118 valence electrons. The van der Waals surface area contributed by atoms with Crippen LogP contribution >= 0.6 is 0 Å². The van der Waals surface area contributed by atoms with Crippen LogP contribution in [0.1, 0.15) is 40.2 Å². The molecule has 3 rings (SSSR count). The third-order valence-electron chi connectivity index (χ3n) is 3.70. The van der Waals surface area contributed by atoms with Gasteiger partial charge in [0.05, 0.1) is 0 Å². The van der Waals surface area contributed by atoms with Crippen LogP contribution in [0.25, 0.3) is 0 Å². The van der Waals surface area contributed by atoms with Gasteiger partial charge in [0.15, 0.2) is 0 Å². The van der Waals surface area contributed by atoms with Crippen molar-refractivity contribution >= 4 is 23.5 Å². The van der Waals surface area contributed by atoms with E-state index in [-0.39, 0.29) is 11.8 Å². The zero-order chi connectivity index (χ0) is 16.4. The predicted molar refractivity (Wildman–Crippen MR) is 87.5 cm³/mol. The number of carbonyl (C=O) groups excluding carboxylic acids is 2. The van der Waals surface area contributed by atoms with E-state index in [2.05, 4.69) is 20.6 Å². The topological polar surface area (TPSA) is 84.0 Å². The van der Waals surface area contributed by atoms with Crippen LogP contribution in [-0.4, -0.2) is 21.8 Å². The van der Waals surface area contributed by atoms with E-state index in [4.69, 9.17) is 0 Å². The number of fused-ring (bicyclic) bond motifs is 1. The maximum absolute atomic E-state index is 12.4. The molecule has 0 saturated heterocycles. The fraction of sp³-hybridized carbons (Fsp3) is 0.294. The number of hydrogen-bond donors (Lipinski definition) is 2. The smallest absolute Gasteiger partial charge is 0.258 e. The molecule has 0 fully saturated rings. The van der Waals surface area contributed by atoms with E-state index in [1.54, 1.807) is 12.1 Å². The summed E-state index contributed by atoms with van der Waals surface area (Å²) in [5.74, 6) is 0.0636. The van der Waals surface area contributed by atoms with Gasteiger partial charge >= 0.3 is 0 Å². The monoisotopic (exact) mass is 310 g/mol. The lowest BCUT2D eigenvalue weighted by Gasteiger charge is -2.10. The molecule has 1 aliphatic rings. The Morgan fingerprint density at radius 3 is 2.61 bits per heavy atom. The van der Waals surface area contributed by atoms with Gasteiger partial charge in [-0.15, -0.1) is 0 Å². The second kappa shape index (κ2) is 6.16. The van der Waals surface area contributed by atoms with E-state index < -0.39 is 0 Å². The van der Waals surface area contributed by atoms with E-state index in [9.17, 15) is 9.59 Å². The zero-order valence-corrected chi connectivity index (χ0v) is 13.1. The van der Waals surface area contributed by atoms with Crippen molar-refractivity contribution in [2.24, 2.45) is 0 Å². The second-order valence-electron chi connectivity index (χ2n) is 5.70. The van der Waals surface area contributed by atoms with E-state index in [1.807, 2.05) is 26.0 Å². The minimum Gasteiger partial charge on any atom is -0.326 e. The molecule has 0 radical (unpaired) electrons. The molecule has 1 aliphatic heterocycles. The summed E-state index contributed by atoms with van der Waals surface area (Å²) in [4.78, 5) is 32.4. The van der Waals surface area contributed by atoms with Crippen LogP contribution < -0.4 is 10.6 Å². The van der Waals surface area contributed by atoms with Crippen molar-refractivity contribution in [3.8, 4) is 0 Å². The first kappa shape index (κ1) is 15.1. The minimum atomic E-state index is -0.256. The summed E-state index contributed by atoms with van der Waals surface area (Å²) in [6.07, 6.45) is 2.06. The predicted octanol–water partition coefficient (Wildman–Crippen LogP) is 2.62. The van der Waals surface area contributed by atoms with Crippen molar-refractivity contribution < 1.29 is 9.59 Å². The van der Waals surface area contributed by atoms with Gasteiger partial charge in [-0.3, -0.25) is 14.9 Å². The third-order valence-corrected chi connectivity index (χ3v) is 3.70. The molecule has 2 amide bonds. The largest absolute Gasteiger partial charge is 0.326 e. The third kappa shape index (κ3) is 3.53. The Bertz CT molecular complexity index is 766. The maximum atomic E-state index is 12.4. The molecule has 2 N–H and O–H groups in total. The molecule has 0 atom stereocenters. The van der Waals surface area contributed by atoms with Gasteiger partial charge in [0, 0.05) is 29.1 Å². The number of nitrogens with one attached hydrogen (secondary N) is 2. The Morgan fingerprint density at radius 1 is 1.13 bits per heavy atom. The summed E-state index contributed by atoms with van der Waals surface area (Å²) >= 11 is 0. The SMILES string of the molecule is Cc1cc(C)nc(NC(=O)c2ccc3c(c2)CCCC(=O)N3)n1. The van der Waals surface area contributed by atoms with Crippen LogP contribution in [-0.2, 0) is 11.2 Å². The zero-order valence-electron chi connectivity index (χ0n) is 13.1. The summed E-state index contributed by atoms with van der Waals surface area (Å²) in [6.45, 7) is 3.71. The number of aromatic nitrogens is 2. The number of carbonyl (C=O) groups is 2. The van der Waals surface area contributed by atoms with Crippen molar-refractivity contribution in [2.45, 2.75) is 33.1 Å². The second-order valence-corrected chi connectivity index (χ2v) is 5.70. The summed E-state index contributed by atoms with van der Waals surface area (Å²) in [7, 11) is 0. The summed E-state index contributed by atoms with van der Waals surface area (Å²) < 4.78 is 0. The number of nitrogens with zero attached hydrogens (tertiary/aromatic N) is 2. The molecule has 1 aromatic carbocycles. The lowest BCUT2D eigenvalue weighted by Crippen LogP contribution is -2.15. The first-order chi connectivity index (χ1) is 11.0. The van der Waals surface area contributed by atoms with Crippen LogP contribution in [0.3, 0.4) is 0 Å². The molecule has 23 heavy (non-hydrogen) atoms. The van der Waals surface area contributed by atoms with Gasteiger partial charge in [0.2, 0.25) is 11.9 Å². The van der Waals surface area contributed by atoms with Crippen molar-refractivity contribution in [1.82, 2.24) is 9.97 Å². The number of hydrogen-bond acceptors (Lipinski definition) is 4. The summed E-state index contributed by atoms with van der Waals surface area (Å²) in [5.41, 5.74) is 3.90. The molecule has 0 bridgehead atoms. The lowest BCUT2D eigenvalue weighted by molar-refractivity contribution is -0.116. The van der Waals surface area contributed by atoms with E-state index in [0.29, 0.717) is 17.9 Å². The van der Waals surface area contributed by atoms with Gasteiger partial charge < -0.3 is 5.32 Å². The number of anilines is 2. The van der Waals surface area contributed by atoms with Crippen LogP contribution in [0.5, 0.6) is 0 Å². The number of benzene rings is 1. The first-order valence-corrected chi connectivity index (χ1v) is 7.58. The molecule has 6 nitrogen and oxygen atoms in total. The highest BCUT2D eigenvalue weighted by atomic mass is 16.2. The Balaban J connectivity index is 1.82. The Kier molecular flexibility index (Phi) is 4.06. The fourth-order valence-electron chi connectivity index (χ4n) is 2.67. The molecule has 0 saturated carbocycles. The Hall–Kier alpha value is -2.76. The van der Waals surface area contributed by atoms with Crippen molar-refractivity contribution in [3.63, 3.8) is 0 Å². The number of rotatable bonds is 2. The summed E-state index contributed by atoms with van der Waals surface area (Å²) in [5, 5.41) is 5.58. The van der Waals surface area contributed by atoms with Crippen molar-refractivity contribution in [3.05, 3.63) is 46.8 Å². The van der Waals surface area contributed by atoms with Crippen LogP contribution in [0.4, 0.5) is 11.6 Å². The quantitative estimate of drug-likeness (QED) is 0.893. The van der Waals surface area contributed by atoms with Crippen molar-refractivity contribution in [1.29, 1.82) is 0 Å². The van der Waals surface area contributed by atoms with Gasteiger partial charge in [0.25, 0.3) is 5.91 Å². The average Bonchev–Trinajstić information content (AvgIpc) is 2.65. The first-order valence-electron chi connectivity index (χ1n) is 7.58. The standard InChI is InChI=1S/C17H18N4O2/c1-10-8-11(2)19-17(18-10)21-16(23)13-6-7-14-12(9-13)4-3-5-15(22)20-14/h6-9H,3-5H2,1-2H3,(H,20,22)(H,18,19,21,23). The average molecular weight is 310 g/mol. The highest BCUT2D eigenvalue weighted by Crippen LogP contribution is 2.23. The molecule has 6 heteroatoms. The van der Waals surface area contributed by atoms with Gasteiger partial charge in [-0.05, 0) is 56.5 Å². The van der Waals surface area contributed by atoms with Crippen LogP contribution in [0, 0.1) is 13.8 Å². The Labute approximate surface area is 134 Å². The van der Waals surface area contributed by atoms with Crippen LogP contribution in [0.2, 0.25) is 0 Å². The molecule has 0 spiro atoms. The van der Waals surface area contributed by atoms with Gasteiger partial charge in [-0.2, -0.15) is 0 Å². The fourth-order valence-corrected chi connectivity index (χ4v) is 2.67. The molecule has 0 unspecified atom stereocenters. The van der Waals surface area contributed by atoms with Crippen LogP contribution in [0.15, 0.2) is 24.3 Å². The Morgan fingerprint density at radius 2 is 1.87 bits per heavy atom. The highest BCUT2D eigenvalue weighted by Gasteiger charge is 2.15.